The number of carbonyl (C=O) groups excluding carboxylic acids is 3. The molecule has 9 atom stereocenters. The number of phenolic OH excluding ortho intramolecular Hbond substituents is 3. The largest absolute Gasteiger partial charge is 0.507 e. The number of allylic oxidation sites excluding steroid dienone is 2. The fourth-order valence-electron chi connectivity index (χ4n) is 8.99. The molecule has 0 unspecified atom stereocenters. The lowest BCUT2D eigenvalue weighted by molar-refractivity contribution is -0.160. The number of ketones is 1. The summed E-state index contributed by atoms with van der Waals surface area (Å²) in [7, 11) is 1.44. The number of phenols is 3. The van der Waals surface area contributed by atoms with Crippen LogP contribution < -0.4 is 15.0 Å². The zero-order valence-electron chi connectivity index (χ0n) is 37.7. The maximum Gasteiger partial charge on any atom is 0.312 e. The van der Waals surface area contributed by atoms with Crippen molar-refractivity contribution in [2.45, 2.75) is 92.1 Å². The van der Waals surface area contributed by atoms with Crippen LogP contribution in [0.4, 0.5) is 11.4 Å². The SMILES string of the molecule is CO[C@H]1C=CO[C@@]2(C)Oc3c(C)c(O)c4c(O)c(c(N5CCN(Cc6ccc(Cl)cc6)CC5)c(O)c4c3C2=O)NC(=O)/C(C)=C\C=C/[C@H](C)[C@H](O)[C@@H](C)[C@@H](O)[C@@H](C)[C@H](OC(C)=O)[C@@H]1C. The number of hydrogen-bond acceptors (Lipinski definition) is 14. The van der Waals surface area contributed by atoms with E-state index >= 15 is 0 Å². The number of amides is 1. The van der Waals surface area contributed by atoms with E-state index < -0.39 is 88.8 Å². The van der Waals surface area contributed by atoms with Gasteiger partial charge in [-0.3, -0.25) is 19.3 Å². The third-order valence-electron chi connectivity index (χ3n) is 13.0. The fourth-order valence-corrected chi connectivity index (χ4v) is 9.12. The minimum absolute atomic E-state index is 0.0349. The summed E-state index contributed by atoms with van der Waals surface area (Å²) in [4.78, 5) is 45.0. The van der Waals surface area contributed by atoms with Crippen LogP contribution in [0.25, 0.3) is 10.8 Å². The molecule has 0 spiro atoms. The Morgan fingerprint density at radius 3 is 2.19 bits per heavy atom. The van der Waals surface area contributed by atoms with Crippen LogP contribution in [-0.4, -0.2) is 112 Å². The van der Waals surface area contributed by atoms with Gasteiger partial charge in [-0.2, -0.15) is 0 Å². The monoisotopic (exact) mass is 905 g/mol. The number of methoxy groups -OCH3 is 1. The number of anilines is 2. The number of carbonyl (C=O) groups is 3. The zero-order valence-corrected chi connectivity index (χ0v) is 38.5. The first-order valence-electron chi connectivity index (χ1n) is 21.5. The second-order valence-electron chi connectivity index (χ2n) is 17.4. The minimum Gasteiger partial charge on any atom is -0.507 e. The quantitative estimate of drug-likeness (QED) is 0.0892. The van der Waals surface area contributed by atoms with E-state index in [2.05, 4.69) is 10.2 Å². The van der Waals surface area contributed by atoms with E-state index in [0.717, 1.165) is 5.56 Å². The smallest absolute Gasteiger partial charge is 0.312 e. The number of Topliss-reactive ketones (excluding diaryl/α,β-unsaturated/α-hetero) is 1. The Balaban J connectivity index is 1.48. The Morgan fingerprint density at radius 2 is 1.56 bits per heavy atom. The molecule has 7 rings (SSSR count). The highest BCUT2D eigenvalue weighted by Crippen LogP contribution is 2.57. The molecular formula is C48H60ClN3O12. The van der Waals surface area contributed by atoms with Crippen molar-refractivity contribution in [1.29, 1.82) is 0 Å². The molecule has 15 nitrogen and oxygen atoms in total. The lowest BCUT2D eigenvalue weighted by Gasteiger charge is -2.38. The molecule has 5 bridgehead atoms. The molecule has 0 radical (unpaired) electrons. The first-order valence-corrected chi connectivity index (χ1v) is 21.9. The topological polar surface area (TPSA) is 208 Å². The molecule has 3 aromatic rings. The summed E-state index contributed by atoms with van der Waals surface area (Å²) < 4.78 is 23.8. The summed E-state index contributed by atoms with van der Waals surface area (Å²) in [6.07, 6.45) is 3.65. The van der Waals surface area contributed by atoms with Gasteiger partial charge in [-0.1, -0.05) is 69.7 Å². The van der Waals surface area contributed by atoms with Gasteiger partial charge >= 0.3 is 11.8 Å². The lowest BCUT2D eigenvalue weighted by Crippen LogP contribution is -2.46. The van der Waals surface area contributed by atoms with Crippen molar-refractivity contribution in [3.63, 3.8) is 0 Å². The second-order valence-corrected chi connectivity index (χ2v) is 17.9. The van der Waals surface area contributed by atoms with Crippen LogP contribution in [0, 0.1) is 30.6 Å². The van der Waals surface area contributed by atoms with Crippen LogP contribution in [0.2, 0.25) is 5.02 Å². The van der Waals surface area contributed by atoms with Gasteiger partial charge in [0.05, 0.1) is 35.5 Å². The molecule has 0 aromatic heterocycles. The number of fused-ring (bicyclic) bond motifs is 14. The minimum atomic E-state index is -2.04. The number of halogens is 1. The molecule has 3 aromatic carbocycles. The zero-order chi connectivity index (χ0) is 46.9. The molecule has 4 aliphatic heterocycles. The van der Waals surface area contributed by atoms with Gasteiger partial charge in [0.2, 0.25) is 0 Å². The van der Waals surface area contributed by atoms with E-state index in [0.29, 0.717) is 37.7 Å². The van der Waals surface area contributed by atoms with E-state index in [1.54, 1.807) is 46.8 Å². The van der Waals surface area contributed by atoms with E-state index in [1.165, 1.54) is 46.3 Å². The number of benzene rings is 3. The molecule has 1 fully saturated rings. The number of nitrogens with zero attached hydrogens (tertiary/aromatic N) is 2. The summed E-state index contributed by atoms with van der Waals surface area (Å²) >= 11 is 6.11. The maximum absolute atomic E-state index is 14.6. The number of nitrogens with one attached hydrogen (secondary N) is 1. The summed E-state index contributed by atoms with van der Waals surface area (Å²) in [5.74, 6) is -8.13. The van der Waals surface area contributed by atoms with Crippen molar-refractivity contribution in [2.75, 3.05) is 43.5 Å². The highest BCUT2D eigenvalue weighted by atomic mass is 35.5. The number of aliphatic hydroxyl groups is 2. The van der Waals surface area contributed by atoms with Gasteiger partial charge in [0.15, 0.2) is 5.75 Å². The van der Waals surface area contributed by atoms with Crippen LogP contribution in [0.5, 0.6) is 23.0 Å². The predicted molar refractivity (Wildman–Crippen MR) is 243 cm³/mol. The van der Waals surface area contributed by atoms with Crippen molar-refractivity contribution in [3.8, 4) is 23.0 Å². The van der Waals surface area contributed by atoms with E-state index in [4.69, 9.17) is 30.5 Å². The standard InChI is InChI=1S/C48H60ClN3O12/c1-24-11-10-12-25(2)47(60)50-37-38(52-20-18-51(19-21-52)23-31-13-15-32(49)16-14-31)43(58)34-35(42(37)57)41(56)29(6)45-36(34)46(59)48(8,64-45)62-22-17-33(61-9)26(3)44(63-30(7)53)28(5)40(55)27(4)39(24)54/h10-17,22,24,26-28,33,39-40,44,54-58H,18-21,23H2,1-9H3,(H,50,60)/b11-10-,22-17?,25-12-/t24-,26+,27+,28+,33-,39-,40+,44+,48-/m0/s1. The molecule has 0 aliphatic carbocycles. The Hall–Kier alpha value is -5.32. The molecule has 4 aliphatic rings. The first-order chi connectivity index (χ1) is 30.2. The van der Waals surface area contributed by atoms with Gasteiger partial charge < -0.3 is 54.7 Å². The van der Waals surface area contributed by atoms with Gasteiger partial charge in [0.25, 0.3) is 11.7 Å². The summed E-state index contributed by atoms with van der Waals surface area (Å²) in [5, 5.41) is 62.3. The molecule has 346 valence electrons. The summed E-state index contributed by atoms with van der Waals surface area (Å²) in [6, 6.07) is 7.55. The number of ether oxygens (including phenoxy) is 4. The van der Waals surface area contributed by atoms with Crippen LogP contribution in [0.15, 0.2) is 60.4 Å². The highest BCUT2D eigenvalue weighted by Gasteiger charge is 2.50. The second kappa shape index (κ2) is 19.4. The van der Waals surface area contributed by atoms with Gasteiger partial charge in [-0.15, -0.1) is 0 Å². The summed E-state index contributed by atoms with van der Waals surface area (Å²) in [6.45, 7) is 15.0. The molecule has 16 heteroatoms. The fraction of sp³-hybridized carbons (Fsp3) is 0.479. The number of aliphatic hydroxyl groups excluding tert-OH is 2. The molecule has 64 heavy (non-hydrogen) atoms. The number of piperazine rings is 1. The molecular weight excluding hydrogens is 846 g/mol. The molecule has 1 amide bonds. The maximum atomic E-state index is 14.6. The lowest BCUT2D eigenvalue weighted by atomic mass is 9.78. The Kier molecular flexibility index (Phi) is 14.6. The molecule has 0 saturated carbocycles. The van der Waals surface area contributed by atoms with Crippen molar-refractivity contribution >= 4 is 51.4 Å². The van der Waals surface area contributed by atoms with Crippen molar-refractivity contribution < 1.29 is 58.9 Å². The number of hydrogen-bond donors (Lipinski definition) is 6. The third kappa shape index (κ3) is 9.41. The van der Waals surface area contributed by atoms with Gasteiger partial charge in [-0.25, -0.2) is 0 Å². The van der Waals surface area contributed by atoms with Gasteiger partial charge in [-0.05, 0) is 37.6 Å². The van der Waals surface area contributed by atoms with Crippen molar-refractivity contribution in [1.82, 2.24) is 4.90 Å². The normalized spacial score (nSPS) is 29.8. The van der Waals surface area contributed by atoms with Gasteiger partial charge in [0.1, 0.15) is 34.7 Å². The van der Waals surface area contributed by atoms with E-state index in [-0.39, 0.29) is 44.6 Å². The number of esters is 1. The van der Waals surface area contributed by atoms with Crippen LogP contribution in [0.1, 0.15) is 70.0 Å². The Morgan fingerprint density at radius 1 is 0.906 bits per heavy atom. The highest BCUT2D eigenvalue weighted by molar-refractivity contribution is 6.30. The first kappa shape index (κ1) is 48.1. The Bertz CT molecular complexity index is 2360. The molecule has 4 heterocycles. The van der Waals surface area contributed by atoms with Crippen molar-refractivity contribution in [3.05, 3.63) is 82.1 Å². The van der Waals surface area contributed by atoms with Crippen molar-refractivity contribution in [2.24, 2.45) is 23.7 Å². The van der Waals surface area contributed by atoms with Gasteiger partial charge in [0, 0.05) is 98.9 Å². The number of aromatic hydroxyl groups is 3. The molecule has 6 N–H and O–H groups in total. The number of rotatable bonds is 5. The molecule has 1 saturated heterocycles. The third-order valence-corrected chi connectivity index (χ3v) is 13.2. The Labute approximate surface area is 378 Å². The van der Waals surface area contributed by atoms with E-state index in [9.17, 15) is 39.9 Å². The predicted octanol–water partition coefficient (Wildman–Crippen LogP) is 6.73. The van der Waals surface area contributed by atoms with Crippen LogP contribution in [-0.2, 0) is 30.3 Å². The van der Waals surface area contributed by atoms with Crippen LogP contribution >= 0.6 is 11.6 Å². The average molecular weight is 906 g/mol. The van der Waals surface area contributed by atoms with Crippen LogP contribution in [0.3, 0.4) is 0 Å². The van der Waals surface area contributed by atoms with E-state index in [1.807, 2.05) is 29.2 Å². The summed E-state index contributed by atoms with van der Waals surface area (Å²) in [5.41, 5.74) is 1.03. The average Bonchev–Trinajstić information content (AvgIpc) is 3.53.